The number of aromatic nitrogens is 1. The van der Waals surface area contributed by atoms with Gasteiger partial charge in [0.1, 0.15) is 12.6 Å². The summed E-state index contributed by atoms with van der Waals surface area (Å²) in [6.45, 7) is 1.81. The van der Waals surface area contributed by atoms with E-state index in [9.17, 15) is 14.4 Å². The molecule has 1 N–H and O–H groups in total. The summed E-state index contributed by atoms with van der Waals surface area (Å²) >= 11 is 0. The molecule has 1 aromatic heterocycles. The Morgan fingerprint density at radius 3 is 2.48 bits per heavy atom. The zero-order valence-corrected chi connectivity index (χ0v) is 14.4. The first-order valence-corrected chi connectivity index (χ1v) is 8.73. The second kappa shape index (κ2) is 7.63. The van der Waals surface area contributed by atoms with Crippen molar-refractivity contribution in [3.05, 3.63) is 23.9 Å². The third-order valence-corrected chi connectivity index (χ3v) is 4.67. The molecule has 2 fully saturated rings. The summed E-state index contributed by atoms with van der Waals surface area (Å²) in [4.78, 5) is 40.5. The standard InChI is InChI=1S/C18H23N3O4/c1-12-2-7-16(19-10-12)25-14-5-3-13(4-6-14)20-15(22)11-21-17(23)8-9-18(21)24/h2,7,10,13-14H,3-6,8-9,11H2,1H3,(H,20,22). The van der Waals surface area contributed by atoms with Gasteiger partial charge in [-0.2, -0.15) is 0 Å². The highest BCUT2D eigenvalue weighted by Gasteiger charge is 2.31. The number of carbonyl (C=O) groups excluding carboxylic acids is 3. The highest BCUT2D eigenvalue weighted by molar-refractivity contribution is 6.04. The molecular formula is C18H23N3O4. The zero-order valence-electron chi connectivity index (χ0n) is 14.4. The Morgan fingerprint density at radius 2 is 1.88 bits per heavy atom. The van der Waals surface area contributed by atoms with E-state index in [1.807, 2.05) is 19.1 Å². The third-order valence-electron chi connectivity index (χ3n) is 4.67. The van der Waals surface area contributed by atoms with Crippen LogP contribution in [-0.4, -0.2) is 46.3 Å². The number of pyridine rings is 1. The normalized spacial score (nSPS) is 23.6. The molecule has 7 nitrogen and oxygen atoms in total. The minimum Gasteiger partial charge on any atom is -0.474 e. The molecule has 25 heavy (non-hydrogen) atoms. The van der Waals surface area contributed by atoms with Crippen LogP contribution in [0.1, 0.15) is 44.1 Å². The Kier molecular flexibility index (Phi) is 5.31. The van der Waals surface area contributed by atoms with Crippen molar-refractivity contribution in [2.75, 3.05) is 6.54 Å². The van der Waals surface area contributed by atoms with E-state index in [1.54, 1.807) is 6.20 Å². The Morgan fingerprint density at radius 1 is 1.20 bits per heavy atom. The van der Waals surface area contributed by atoms with Crippen LogP contribution in [0.5, 0.6) is 5.88 Å². The number of hydrogen-bond acceptors (Lipinski definition) is 5. The van der Waals surface area contributed by atoms with Crippen molar-refractivity contribution in [2.45, 2.75) is 57.6 Å². The van der Waals surface area contributed by atoms with Gasteiger partial charge in [-0.05, 0) is 38.2 Å². The maximum atomic E-state index is 12.1. The molecule has 3 amide bonds. The van der Waals surface area contributed by atoms with Gasteiger partial charge in [-0.3, -0.25) is 19.3 Å². The van der Waals surface area contributed by atoms with Gasteiger partial charge in [-0.15, -0.1) is 0 Å². The third kappa shape index (κ3) is 4.55. The predicted octanol–water partition coefficient (Wildman–Crippen LogP) is 1.35. The number of rotatable bonds is 5. The van der Waals surface area contributed by atoms with Crippen LogP contribution < -0.4 is 10.1 Å². The maximum Gasteiger partial charge on any atom is 0.240 e. The van der Waals surface area contributed by atoms with Crippen LogP contribution in [0.3, 0.4) is 0 Å². The van der Waals surface area contributed by atoms with Crippen molar-refractivity contribution in [1.82, 2.24) is 15.2 Å². The topological polar surface area (TPSA) is 88.6 Å². The van der Waals surface area contributed by atoms with E-state index < -0.39 is 0 Å². The Hall–Kier alpha value is -2.44. The van der Waals surface area contributed by atoms with Crippen LogP contribution >= 0.6 is 0 Å². The van der Waals surface area contributed by atoms with Gasteiger partial charge in [0.15, 0.2) is 0 Å². The Bertz CT molecular complexity index is 635. The van der Waals surface area contributed by atoms with Crippen LogP contribution in [0.4, 0.5) is 0 Å². The summed E-state index contributed by atoms with van der Waals surface area (Å²) in [5.41, 5.74) is 1.09. The summed E-state index contributed by atoms with van der Waals surface area (Å²) in [6, 6.07) is 3.90. The smallest absolute Gasteiger partial charge is 0.240 e. The monoisotopic (exact) mass is 345 g/mol. The first kappa shape index (κ1) is 17.4. The molecule has 0 aromatic carbocycles. The quantitative estimate of drug-likeness (QED) is 0.814. The highest BCUT2D eigenvalue weighted by Crippen LogP contribution is 2.23. The number of amides is 3. The molecule has 2 heterocycles. The first-order chi connectivity index (χ1) is 12.0. The van der Waals surface area contributed by atoms with Crippen LogP contribution in [0.2, 0.25) is 0 Å². The van der Waals surface area contributed by atoms with Crippen molar-refractivity contribution in [2.24, 2.45) is 0 Å². The van der Waals surface area contributed by atoms with Gasteiger partial charge in [0.2, 0.25) is 23.6 Å². The number of aryl methyl sites for hydroxylation is 1. The first-order valence-electron chi connectivity index (χ1n) is 8.73. The van der Waals surface area contributed by atoms with E-state index in [1.165, 1.54) is 0 Å². The second-order valence-electron chi connectivity index (χ2n) is 6.71. The predicted molar refractivity (Wildman–Crippen MR) is 89.7 cm³/mol. The van der Waals surface area contributed by atoms with Crippen LogP contribution in [0, 0.1) is 6.92 Å². The molecule has 1 aliphatic carbocycles. The van der Waals surface area contributed by atoms with E-state index in [2.05, 4.69) is 10.3 Å². The number of ether oxygens (including phenoxy) is 1. The van der Waals surface area contributed by atoms with E-state index in [0.29, 0.717) is 5.88 Å². The van der Waals surface area contributed by atoms with E-state index in [4.69, 9.17) is 4.74 Å². The molecule has 0 radical (unpaired) electrons. The summed E-state index contributed by atoms with van der Waals surface area (Å²) < 4.78 is 5.88. The number of nitrogens with zero attached hydrogens (tertiary/aromatic N) is 2. The van der Waals surface area contributed by atoms with Gasteiger partial charge < -0.3 is 10.1 Å². The molecule has 7 heteroatoms. The molecule has 0 unspecified atom stereocenters. The van der Waals surface area contributed by atoms with Crippen molar-refractivity contribution in [1.29, 1.82) is 0 Å². The van der Waals surface area contributed by atoms with Gasteiger partial charge in [-0.1, -0.05) is 6.07 Å². The van der Waals surface area contributed by atoms with Gasteiger partial charge in [0.05, 0.1) is 0 Å². The fraction of sp³-hybridized carbons (Fsp3) is 0.556. The van der Waals surface area contributed by atoms with Crippen LogP contribution in [-0.2, 0) is 14.4 Å². The van der Waals surface area contributed by atoms with E-state index >= 15 is 0 Å². The highest BCUT2D eigenvalue weighted by atomic mass is 16.5. The van der Waals surface area contributed by atoms with Gasteiger partial charge in [0.25, 0.3) is 0 Å². The molecule has 1 saturated carbocycles. The molecular weight excluding hydrogens is 322 g/mol. The van der Waals surface area contributed by atoms with Crippen molar-refractivity contribution >= 4 is 17.7 Å². The van der Waals surface area contributed by atoms with Crippen LogP contribution in [0.25, 0.3) is 0 Å². The molecule has 1 saturated heterocycles. The molecule has 0 spiro atoms. The molecule has 1 aliphatic heterocycles. The molecule has 0 bridgehead atoms. The summed E-state index contributed by atoms with van der Waals surface area (Å²) in [7, 11) is 0. The summed E-state index contributed by atoms with van der Waals surface area (Å²) in [6.07, 6.45) is 5.59. The average molecular weight is 345 g/mol. The molecule has 3 rings (SSSR count). The lowest BCUT2D eigenvalue weighted by Gasteiger charge is -2.29. The molecule has 0 atom stereocenters. The van der Waals surface area contributed by atoms with Gasteiger partial charge >= 0.3 is 0 Å². The Labute approximate surface area is 146 Å². The summed E-state index contributed by atoms with van der Waals surface area (Å²) in [5, 5.41) is 2.92. The number of imide groups is 1. The van der Waals surface area contributed by atoms with Crippen LogP contribution in [0.15, 0.2) is 18.3 Å². The average Bonchev–Trinajstić information content (AvgIpc) is 2.90. The van der Waals surface area contributed by atoms with E-state index in [-0.39, 0.29) is 49.3 Å². The maximum absolute atomic E-state index is 12.1. The molecule has 1 aromatic rings. The van der Waals surface area contributed by atoms with Crippen molar-refractivity contribution in [3.8, 4) is 5.88 Å². The number of carbonyl (C=O) groups is 3. The lowest BCUT2D eigenvalue weighted by Crippen LogP contribution is -2.45. The molecule has 2 aliphatic rings. The van der Waals surface area contributed by atoms with Crippen molar-refractivity contribution in [3.63, 3.8) is 0 Å². The van der Waals surface area contributed by atoms with E-state index in [0.717, 1.165) is 36.1 Å². The minimum atomic E-state index is -0.270. The Balaban J connectivity index is 1.41. The van der Waals surface area contributed by atoms with Gasteiger partial charge in [0, 0.05) is 31.1 Å². The fourth-order valence-corrected chi connectivity index (χ4v) is 3.24. The lowest BCUT2D eigenvalue weighted by molar-refractivity contribution is -0.142. The number of hydrogen-bond donors (Lipinski definition) is 1. The lowest BCUT2D eigenvalue weighted by atomic mass is 9.93. The zero-order chi connectivity index (χ0) is 17.8. The second-order valence-corrected chi connectivity index (χ2v) is 6.71. The van der Waals surface area contributed by atoms with Crippen molar-refractivity contribution < 1.29 is 19.1 Å². The number of likely N-dealkylation sites (tertiary alicyclic amines) is 1. The summed E-state index contributed by atoms with van der Waals surface area (Å²) in [5.74, 6) is -0.164. The molecule has 134 valence electrons. The largest absolute Gasteiger partial charge is 0.474 e. The SMILES string of the molecule is Cc1ccc(OC2CCC(NC(=O)CN3C(=O)CCC3=O)CC2)nc1. The van der Waals surface area contributed by atoms with Gasteiger partial charge in [-0.25, -0.2) is 4.98 Å². The minimum absolute atomic E-state index is 0.0612. The fourth-order valence-electron chi connectivity index (χ4n) is 3.24. The number of nitrogens with one attached hydrogen (secondary N) is 1.